The van der Waals surface area contributed by atoms with E-state index in [-0.39, 0.29) is 24.5 Å². The second kappa shape index (κ2) is 4.93. The van der Waals surface area contributed by atoms with Crippen LogP contribution in [0.15, 0.2) is 12.1 Å². The third-order valence-corrected chi connectivity index (χ3v) is 3.33. The van der Waals surface area contributed by atoms with Gasteiger partial charge in [0.05, 0.1) is 13.2 Å². The zero-order chi connectivity index (χ0) is 15.0. The van der Waals surface area contributed by atoms with Crippen LogP contribution in [0.2, 0.25) is 0 Å². The van der Waals surface area contributed by atoms with E-state index in [1.165, 1.54) is 19.2 Å². The Morgan fingerprint density at radius 3 is 2.60 bits per heavy atom. The molecule has 0 aliphatic carbocycles. The largest absolute Gasteiger partial charge is 0.480 e. The molecule has 1 aliphatic heterocycles. The topological polar surface area (TPSA) is 126 Å². The SMILES string of the molecule is Cn1c(C(=O)N2CC(O)C[C@H]2C(=O)O)ccc1[N+](=O)[O-]. The summed E-state index contributed by atoms with van der Waals surface area (Å²) in [5, 5.41) is 29.3. The number of β-amino-alcohol motifs (C(OH)–C–C–N with tert-alkyl or cyclic N) is 1. The van der Waals surface area contributed by atoms with Crippen LogP contribution in [0.4, 0.5) is 5.82 Å². The summed E-state index contributed by atoms with van der Waals surface area (Å²) in [4.78, 5) is 34.5. The van der Waals surface area contributed by atoms with Crippen molar-refractivity contribution in [2.45, 2.75) is 18.6 Å². The first-order valence-corrected chi connectivity index (χ1v) is 5.85. The van der Waals surface area contributed by atoms with Crippen LogP contribution < -0.4 is 0 Å². The fourth-order valence-electron chi connectivity index (χ4n) is 2.32. The molecule has 2 atom stereocenters. The minimum absolute atomic E-state index is 0.0112. The number of hydrogen-bond donors (Lipinski definition) is 2. The molecule has 0 saturated carbocycles. The lowest BCUT2D eigenvalue weighted by Gasteiger charge is -2.19. The molecule has 1 amide bonds. The summed E-state index contributed by atoms with van der Waals surface area (Å²) in [6.07, 6.45) is -0.955. The van der Waals surface area contributed by atoms with Gasteiger partial charge in [0, 0.05) is 19.0 Å². The van der Waals surface area contributed by atoms with Crippen LogP contribution in [-0.4, -0.2) is 55.2 Å². The summed E-state index contributed by atoms with van der Waals surface area (Å²) in [5.74, 6) is -2.12. The molecule has 0 spiro atoms. The van der Waals surface area contributed by atoms with Gasteiger partial charge >= 0.3 is 11.8 Å². The molecule has 1 aromatic rings. The fraction of sp³-hybridized carbons (Fsp3) is 0.455. The standard InChI is InChI=1S/C11H13N3O6/c1-12-7(2-3-9(12)14(19)20)10(16)13-5-6(15)4-8(13)11(17)18/h2-3,6,8,15H,4-5H2,1H3,(H,17,18)/t6?,8-/m0/s1. The second-order valence-electron chi connectivity index (χ2n) is 4.59. The first-order chi connectivity index (χ1) is 9.32. The lowest BCUT2D eigenvalue weighted by atomic mass is 10.2. The number of likely N-dealkylation sites (tertiary alicyclic amines) is 1. The van der Waals surface area contributed by atoms with Crippen molar-refractivity contribution in [3.63, 3.8) is 0 Å². The highest BCUT2D eigenvalue weighted by Gasteiger charge is 2.41. The van der Waals surface area contributed by atoms with Gasteiger partial charge < -0.3 is 25.2 Å². The second-order valence-corrected chi connectivity index (χ2v) is 4.59. The highest BCUT2D eigenvalue weighted by molar-refractivity contribution is 5.96. The van der Waals surface area contributed by atoms with Gasteiger partial charge in [-0.3, -0.25) is 4.79 Å². The normalized spacial score (nSPS) is 22.0. The van der Waals surface area contributed by atoms with Crippen molar-refractivity contribution in [3.8, 4) is 0 Å². The Morgan fingerprint density at radius 1 is 1.45 bits per heavy atom. The van der Waals surface area contributed by atoms with Crippen molar-refractivity contribution >= 4 is 17.7 Å². The van der Waals surface area contributed by atoms with Gasteiger partial charge in [-0.25, -0.2) is 9.36 Å². The molecule has 1 saturated heterocycles. The number of aliphatic carboxylic acids is 1. The Balaban J connectivity index is 2.31. The average molecular weight is 283 g/mol. The lowest BCUT2D eigenvalue weighted by molar-refractivity contribution is -0.391. The van der Waals surface area contributed by atoms with Crippen LogP contribution >= 0.6 is 0 Å². The zero-order valence-corrected chi connectivity index (χ0v) is 10.6. The first-order valence-electron chi connectivity index (χ1n) is 5.85. The van der Waals surface area contributed by atoms with E-state index in [2.05, 4.69) is 0 Å². The number of carboxylic acids is 1. The molecular formula is C11H13N3O6. The summed E-state index contributed by atoms with van der Waals surface area (Å²) in [7, 11) is 1.35. The van der Waals surface area contributed by atoms with Gasteiger partial charge in [-0.2, -0.15) is 0 Å². The van der Waals surface area contributed by atoms with Crippen LogP contribution in [0.5, 0.6) is 0 Å². The highest BCUT2D eigenvalue weighted by Crippen LogP contribution is 2.23. The predicted octanol–water partition coefficient (Wildman–Crippen LogP) is -0.407. The number of hydrogen-bond acceptors (Lipinski definition) is 5. The van der Waals surface area contributed by atoms with Crippen LogP contribution in [0.25, 0.3) is 0 Å². The highest BCUT2D eigenvalue weighted by atomic mass is 16.6. The number of nitro groups is 1. The quantitative estimate of drug-likeness (QED) is 0.574. The minimum Gasteiger partial charge on any atom is -0.480 e. The minimum atomic E-state index is -1.21. The smallest absolute Gasteiger partial charge is 0.326 e. The Morgan fingerprint density at radius 2 is 2.10 bits per heavy atom. The van der Waals surface area contributed by atoms with Gasteiger partial charge in [0.2, 0.25) is 0 Å². The van der Waals surface area contributed by atoms with Crippen molar-refractivity contribution in [3.05, 3.63) is 27.9 Å². The number of nitrogens with zero attached hydrogens (tertiary/aromatic N) is 3. The third kappa shape index (κ3) is 2.23. The van der Waals surface area contributed by atoms with Crippen molar-refractivity contribution < 1.29 is 24.7 Å². The van der Waals surface area contributed by atoms with E-state index in [4.69, 9.17) is 5.11 Å². The monoisotopic (exact) mass is 283 g/mol. The number of amides is 1. The van der Waals surface area contributed by atoms with Crippen molar-refractivity contribution in [1.82, 2.24) is 9.47 Å². The van der Waals surface area contributed by atoms with Gasteiger partial charge in [-0.1, -0.05) is 0 Å². The molecule has 108 valence electrons. The Bertz CT molecular complexity index is 581. The molecule has 0 bridgehead atoms. The summed E-state index contributed by atoms with van der Waals surface area (Å²) in [5.41, 5.74) is 0.0112. The van der Waals surface area contributed by atoms with Crippen LogP contribution in [-0.2, 0) is 11.8 Å². The van der Waals surface area contributed by atoms with Gasteiger partial charge in [0.25, 0.3) is 5.91 Å². The average Bonchev–Trinajstić information content (AvgIpc) is 2.91. The van der Waals surface area contributed by atoms with E-state index in [9.17, 15) is 24.8 Å². The van der Waals surface area contributed by atoms with Crippen molar-refractivity contribution in [2.75, 3.05) is 6.54 Å². The summed E-state index contributed by atoms with van der Waals surface area (Å²) >= 11 is 0. The maximum absolute atomic E-state index is 12.3. The van der Waals surface area contributed by atoms with Gasteiger partial charge in [0.15, 0.2) is 5.69 Å². The molecule has 2 rings (SSSR count). The number of carbonyl (C=O) groups excluding carboxylic acids is 1. The van der Waals surface area contributed by atoms with Crippen LogP contribution in [0, 0.1) is 10.1 Å². The van der Waals surface area contributed by atoms with E-state index in [1.807, 2.05) is 0 Å². The Hall–Kier alpha value is -2.42. The third-order valence-electron chi connectivity index (χ3n) is 3.33. The Kier molecular flexibility index (Phi) is 3.45. The number of carbonyl (C=O) groups is 2. The number of aliphatic hydroxyl groups is 1. The Labute approximate surface area is 113 Å². The predicted molar refractivity (Wildman–Crippen MR) is 65.2 cm³/mol. The summed E-state index contributed by atoms with van der Waals surface area (Å²) in [6.45, 7) is -0.102. The van der Waals surface area contributed by atoms with E-state index in [0.717, 1.165) is 9.47 Å². The van der Waals surface area contributed by atoms with E-state index in [1.54, 1.807) is 0 Å². The summed E-state index contributed by atoms with van der Waals surface area (Å²) < 4.78 is 1.09. The molecule has 20 heavy (non-hydrogen) atoms. The van der Waals surface area contributed by atoms with Crippen molar-refractivity contribution in [2.24, 2.45) is 7.05 Å². The van der Waals surface area contributed by atoms with Crippen LogP contribution in [0.1, 0.15) is 16.9 Å². The molecule has 0 radical (unpaired) electrons. The van der Waals surface area contributed by atoms with E-state index in [0.29, 0.717) is 0 Å². The molecular weight excluding hydrogens is 270 g/mol. The van der Waals surface area contributed by atoms with E-state index < -0.39 is 28.9 Å². The van der Waals surface area contributed by atoms with Crippen molar-refractivity contribution in [1.29, 1.82) is 0 Å². The molecule has 9 nitrogen and oxygen atoms in total. The number of aliphatic hydroxyl groups excluding tert-OH is 1. The molecule has 1 aromatic heterocycles. The molecule has 1 unspecified atom stereocenters. The molecule has 1 fully saturated rings. The van der Waals surface area contributed by atoms with Gasteiger partial charge in [0.1, 0.15) is 6.04 Å². The van der Waals surface area contributed by atoms with Crippen LogP contribution in [0.3, 0.4) is 0 Å². The number of rotatable bonds is 3. The molecule has 0 aromatic carbocycles. The number of aromatic nitrogens is 1. The first kappa shape index (κ1) is 14.0. The van der Waals surface area contributed by atoms with Gasteiger partial charge in [-0.05, 0) is 11.0 Å². The van der Waals surface area contributed by atoms with Gasteiger partial charge in [-0.15, -0.1) is 0 Å². The molecule has 2 N–H and O–H groups in total. The molecule has 1 aliphatic rings. The molecule has 2 heterocycles. The summed E-state index contributed by atoms with van der Waals surface area (Å²) in [6, 6.07) is 1.33. The fourth-order valence-corrected chi connectivity index (χ4v) is 2.32. The maximum Gasteiger partial charge on any atom is 0.326 e. The zero-order valence-electron chi connectivity index (χ0n) is 10.6. The maximum atomic E-state index is 12.3. The molecule has 9 heteroatoms. The number of carboxylic acid groups (broad SMARTS) is 1. The lowest BCUT2D eigenvalue weighted by Crippen LogP contribution is -2.41. The van der Waals surface area contributed by atoms with E-state index >= 15 is 0 Å².